The highest BCUT2D eigenvalue weighted by Crippen LogP contribution is 2.24. The molecule has 3 aromatic rings. The van der Waals surface area contributed by atoms with Crippen molar-refractivity contribution in [2.75, 3.05) is 0 Å². The molecular formula is C12H11N5OS2. The van der Waals surface area contributed by atoms with Gasteiger partial charge < -0.3 is 5.11 Å². The normalized spacial score (nSPS) is 10.8. The van der Waals surface area contributed by atoms with Gasteiger partial charge in [-0.3, -0.25) is 0 Å². The number of aromatic hydroxyl groups is 1. The third kappa shape index (κ3) is 2.81. The van der Waals surface area contributed by atoms with Gasteiger partial charge in [0.05, 0.1) is 11.4 Å². The van der Waals surface area contributed by atoms with Crippen molar-refractivity contribution < 1.29 is 5.11 Å². The SMILES string of the molecule is Cc1csc(CSc2nnnn2-c2ccc(O)cc2)n1. The van der Waals surface area contributed by atoms with Crippen molar-refractivity contribution in [2.45, 2.75) is 17.8 Å². The number of aromatic nitrogens is 5. The molecule has 0 aliphatic rings. The van der Waals surface area contributed by atoms with Crippen molar-refractivity contribution >= 4 is 23.1 Å². The Balaban J connectivity index is 1.78. The third-order valence-corrected chi connectivity index (χ3v) is 4.61. The van der Waals surface area contributed by atoms with Crippen molar-refractivity contribution in [2.24, 2.45) is 0 Å². The second kappa shape index (κ2) is 5.59. The van der Waals surface area contributed by atoms with E-state index in [4.69, 9.17) is 0 Å². The fourth-order valence-electron chi connectivity index (χ4n) is 1.62. The van der Waals surface area contributed by atoms with Crippen LogP contribution < -0.4 is 0 Å². The van der Waals surface area contributed by atoms with E-state index >= 15 is 0 Å². The fourth-order valence-corrected chi connectivity index (χ4v) is 3.30. The molecule has 1 N–H and O–H groups in total. The van der Waals surface area contributed by atoms with Crippen LogP contribution in [0.4, 0.5) is 0 Å². The van der Waals surface area contributed by atoms with E-state index in [0.717, 1.165) is 22.1 Å². The van der Waals surface area contributed by atoms with Crippen molar-refractivity contribution in [3.05, 3.63) is 40.3 Å². The summed E-state index contributed by atoms with van der Waals surface area (Å²) in [4.78, 5) is 4.41. The molecule has 1 aromatic carbocycles. The average molecular weight is 305 g/mol. The van der Waals surface area contributed by atoms with E-state index in [1.54, 1.807) is 40.3 Å². The summed E-state index contributed by atoms with van der Waals surface area (Å²) in [5.74, 6) is 0.950. The summed E-state index contributed by atoms with van der Waals surface area (Å²) < 4.78 is 1.64. The summed E-state index contributed by atoms with van der Waals surface area (Å²) in [6, 6.07) is 6.75. The summed E-state index contributed by atoms with van der Waals surface area (Å²) in [5, 5.41) is 24.8. The lowest BCUT2D eigenvalue weighted by Gasteiger charge is -2.03. The molecule has 8 heteroatoms. The van der Waals surface area contributed by atoms with Crippen molar-refractivity contribution in [3.63, 3.8) is 0 Å². The maximum Gasteiger partial charge on any atom is 0.214 e. The number of rotatable bonds is 4. The van der Waals surface area contributed by atoms with Gasteiger partial charge in [0, 0.05) is 11.1 Å². The minimum absolute atomic E-state index is 0.217. The molecule has 2 heterocycles. The quantitative estimate of drug-likeness (QED) is 0.746. The maximum atomic E-state index is 9.30. The molecule has 3 rings (SSSR count). The van der Waals surface area contributed by atoms with E-state index in [1.165, 1.54) is 11.8 Å². The molecule has 0 saturated heterocycles. The summed E-state index contributed by atoms with van der Waals surface area (Å²) in [7, 11) is 0. The highest BCUT2D eigenvalue weighted by Gasteiger charge is 2.10. The first kappa shape index (κ1) is 13.1. The molecule has 2 aromatic heterocycles. The summed E-state index contributed by atoms with van der Waals surface area (Å²) in [6.45, 7) is 1.98. The van der Waals surface area contributed by atoms with E-state index in [0.29, 0.717) is 5.16 Å². The van der Waals surface area contributed by atoms with Gasteiger partial charge in [-0.1, -0.05) is 11.8 Å². The lowest BCUT2D eigenvalue weighted by Crippen LogP contribution is -1.98. The number of nitrogens with zero attached hydrogens (tertiary/aromatic N) is 5. The Kier molecular flexibility index (Phi) is 3.66. The zero-order chi connectivity index (χ0) is 13.9. The predicted molar refractivity (Wildman–Crippen MR) is 77.2 cm³/mol. The second-order valence-corrected chi connectivity index (χ2v) is 5.95. The molecule has 102 valence electrons. The molecule has 0 aliphatic carbocycles. The van der Waals surface area contributed by atoms with Crippen LogP contribution in [0.15, 0.2) is 34.8 Å². The summed E-state index contributed by atoms with van der Waals surface area (Å²) >= 11 is 3.16. The lowest BCUT2D eigenvalue weighted by atomic mass is 10.3. The van der Waals surface area contributed by atoms with Crippen LogP contribution in [0.25, 0.3) is 5.69 Å². The molecule has 0 spiro atoms. The Labute approximate surface area is 123 Å². The molecular weight excluding hydrogens is 294 g/mol. The summed E-state index contributed by atoms with van der Waals surface area (Å²) in [5.41, 5.74) is 1.84. The van der Waals surface area contributed by atoms with Crippen LogP contribution >= 0.6 is 23.1 Å². The lowest BCUT2D eigenvalue weighted by molar-refractivity contribution is 0.475. The largest absolute Gasteiger partial charge is 0.508 e. The zero-order valence-electron chi connectivity index (χ0n) is 10.6. The smallest absolute Gasteiger partial charge is 0.214 e. The topological polar surface area (TPSA) is 76.7 Å². The van der Waals surface area contributed by atoms with Crippen LogP contribution in [0, 0.1) is 6.92 Å². The van der Waals surface area contributed by atoms with Gasteiger partial charge >= 0.3 is 0 Å². The Bertz CT molecular complexity index is 707. The average Bonchev–Trinajstić information content (AvgIpc) is 3.06. The number of thioether (sulfide) groups is 1. The number of hydrogen-bond acceptors (Lipinski definition) is 7. The van der Waals surface area contributed by atoms with Gasteiger partial charge in [-0.2, -0.15) is 4.68 Å². The van der Waals surface area contributed by atoms with E-state index in [2.05, 4.69) is 20.5 Å². The summed E-state index contributed by atoms with van der Waals surface area (Å²) in [6.07, 6.45) is 0. The van der Waals surface area contributed by atoms with Gasteiger partial charge in [-0.25, -0.2) is 4.98 Å². The van der Waals surface area contributed by atoms with Gasteiger partial charge in [-0.15, -0.1) is 16.4 Å². The molecule has 6 nitrogen and oxygen atoms in total. The van der Waals surface area contributed by atoms with Crippen molar-refractivity contribution in [3.8, 4) is 11.4 Å². The molecule has 0 radical (unpaired) electrons. The van der Waals surface area contributed by atoms with E-state index in [1.807, 2.05) is 12.3 Å². The Hall–Kier alpha value is -1.93. The number of thiazole rings is 1. The number of phenolic OH excluding ortho intramolecular Hbond substituents is 1. The van der Waals surface area contributed by atoms with Gasteiger partial charge in [0.25, 0.3) is 0 Å². The minimum Gasteiger partial charge on any atom is -0.508 e. The predicted octanol–water partition coefficient (Wildman–Crippen LogP) is 2.43. The first-order valence-corrected chi connectivity index (χ1v) is 7.70. The van der Waals surface area contributed by atoms with E-state index < -0.39 is 0 Å². The fraction of sp³-hybridized carbons (Fsp3) is 0.167. The van der Waals surface area contributed by atoms with Crippen LogP contribution in [0.3, 0.4) is 0 Å². The van der Waals surface area contributed by atoms with Crippen molar-refractivity contribution in [1.29, 1.82) is 0 Å². The van der Waals surface area contributed by atoms with Crippen LogP contribution in [0.1, 0.15) is 10.7 Å². The maximum absolute atomic E-state index is 9.30. The minimum atomic E-state index is 0.217. The Morgan fingerprint density at radius 3 is 2.80 bits per heavy atom. The van der Waals surface area contributed by atoms with Crippen molar-refractivity contribution in [1.82, 2.24) is 25.2 Å². The van der Waals surface area contributed by atoms with E-state index in [9.17, 15) is 5.11 Å². The van der Waals surface area contributed by atoms with Crippen LogP contribution in [0.2, 0.25) is 0 Å². The molecule has 20 heavy (non-hydrogen) atoms. The van der Waals surface area contributed by atoms with Crippen LogP contribution in [-0.2, 0) is 5.75 Å². The standard InChI is InChI=1S/C12H11N5OS2/c1-8-6-19-11(13-8)7-20-12-14-15-16-17(12)9-2-4-10(18)5-3-9/h2-6,18H,7H2,1H3. The molecule has 0 bridgehead atoms. The molecule has 0 atom stereocenters. The van der Waals surface area contributed by atoms with Gasteiger partial charge in [0.1, 0.15) is 10.8 Å². The number of benzene rings is 1. The highest BCUT2D eigenvalue weighted by molar-refractivity contribution is 7.98. The van der Waals surface area contributed by atoms with Gasteiger partial charge in [-0.05, 0) is 41.6 Å². The van der Waals surface area contributed by atoms with Gasteiger partial charge in [0.15, 0.2) is 0 Å². The number of tetrazole rings is 1. The first-order valence-electron chi connectivity index (χ1n) is 5.84. The molecule has 0 unspecified atom stereocenters. The molecule has 0 saturated carbocycles. The Morgan fingerprint density at radius 1 is 1.30 bits per heavy atom. The second-order valence-electron chi connectivity index (χ2n) is 4.06. The van der Waals surface area contributed by atoms with E-state index in [-0.39, 0.29) is 5.75 Å². The number of hydrogen-bond donors (Lipinski definition) is 1. The molecule has 0 aliphatic heterocycles. The van der Waals surface area contributed by atoms with Crippen LogP contribution in [0.5, 0.6) is 5.75 Å². The highest BCUT2D eigenvalue weighted by atomic mass is 32.2. The third-order valence-electron chi connectivity index (χ3n) is 2.53. The van der Waals surface area contributed by atoms with Crippen LogP contribution in [-0.4, -0.2) is 30.3 Å². The zero-order valence-corrected chi connectivity index (χ0v) is 12.2. The van der Waals surface area contributed by atoms with Gasteiger partial charge in [0.2, 0.25) is 5.16 Å². The monoisotopic (exact) mass is 305 g/mol. The number of aryl methyl sites for hydroxylation is 1. The number of phenols is 1. The molecule has 0 amide bonds. The Morgan fingerprint density at radius 2 is 2.10 bits per heavy atom. The molecule has 0 fully saturated rings. The first-order chi connectivity index (χ1) is 9.72.